The molecule has 164 valence electrons. The number of allylic oxidation sites excluding steroid dienone is 2. The topological polar surface area (TPSA) is 21.8 Å². The van der Waals surface area contributed by atoms with Gasteiger partial charge in [0.25, 0.3) is 0 Å². The minimum atomic E-state index is 0.330. The highest BCUT2D eigenvalue weighted by Gasteiger charge is 2.22. The highest BCUT2D eigenvalue weighted by atomic mass is 16.6. The largest absolute Gasteiger partial charge is 0.491 e. The number of hydrogen-bond donors (Lipinski definition) is 0. The maximum Gasteiger partial charge on any atom is 0.119 e. The average Bonchev–Trinajstić information content (AvgIpc) is 3.57. The van der Waals surface area contributed by atoms with Crippen LogP contribution in [-0.2, 0) is 11.2 Å². The van der Waals surface area contributed by atoms with E-state index in [0.717, 1.165) is 12.4 Å². The van der Waals surface area contributed by atoms with Crippen LogP contribution in [0.4, 0.5) is 0 Å². The predicted octanol–water partition coefficient (Wildman–Crippen LogP) is 8.04. The molecular formula is C27H44O2. The lowest BCUT2D eigenvalue weighted by Gasteiger charge is -2.07. The summed E-state index contributed by atoms with van der Waals surface area (Å²) in [6.45, 7) is 3.67. The third kappa shape index (κ3) is 13.5. The fourth-order valence-electron chi connectivity index (χ4n) is 3.85. The van der Waals surface area contributed by atoms with E-state index in [1.807, 2.05) is 0 Å². The standard InChI is InChI=1S/C27H44O2/c1-2-3-4-5-6-7-8-9-10-11-12-13-14-15-16-17-19-25-20-18-21-26(22-25)28-23-27-24-29-27/h2-3,18,20-22,27H,4-17,19,23-24H2,1H3/b3-2+. The summed E-state index contributed by atoms with van der Waals surface area (Å²) in [5.74, 6) is 0.992. The van der Waals surface area contributed by atoms with Crippen LogP contribution in [0.25, 0.3) is 0 Å². The summed E-state index contributed by atoms with van der Waals surface area (Å²) >= 11 is 0. The molecule has 1 saturated heterocycles. The van der Waals surface area contributed by atoms with Gasteiger partial charge in [0.15, 0.2) is 0 Å². The number of aryl methyl sites for hydroxylation is 1. The Morgan fingerprint density at radius 2 is 1.45 bits per heavy atom. The van der Waals surface area contributed by atoms with Crippen molar-refractivity contribution in [2.24, 2.45) is 0 Å². The molecule has 2 nitrogen and oxygen atoms in total. The van der Waals surface area contributed by atoms with Crippen LogP contribution in [0.5, 0.6) is 5.75 Å². The minimum Gasteiger partial charge on any atom is -0.491 e. The van der Waals surface area contributed by atoms with Gasteiger partial charge in [-0.1, -0.05) is 94.9 Å². The van der Waals surface area contributed by atoms with Gasteiger partial charge in [-0.05, 0) is 50.3 Å². The number of unbranched alkanes of at least 4 members (excludes halogenated alkanes) is 13. The van der Waals surface area contributed by atoms with Crippen molar-refractivity contribution in [1.82, 2.24) is 0 Å². The molecule has 0 N–H and O–H groups in total. The SMILES string of the molecule is C/C=C/CCCCCCCCCCCCCCCc1cccc(OCC2CO2)c1. The maximum atomic E-state index is 5.78. The fourth-order valence-corrected chi connectivity index (χ4v) is 3.85. The predicted molar refractivity (Wildman–Crippen MR) is 125 cm³/mol. The van der Waals surface area contributed by atoms with Gasteiger partial charge in [0.05, 0.1) is 6.61 Å². The third-order valence-corrected chi connectivity index (χ3v) is 5.81. The molecule has 1 aromatic carbocycles. The fraction of sp³-hybridized carbons (Fsp3) is 0.704. The molecule has 0 aliphatic carbocycles. The lowest BCUT2D eigenvalue weighted by molar-refractivity contribution is 0.263. The van der Waals surface area contributed by atoms with E-state index in [0.29, 0.717) is 12.7 Å². The smallest absolute Gasteiger partial charge is 0.119 e. The molecule has 2 heteroatoms. The van der Waals surface area contributed by atoms with E-state index in [9.17, 15) is 0 Å². The number of epoxide rings is 1. The number of rotatable bonds is 19. The molecule has 1 aliphatic rings. The summed E-state index contributed by atoms with van der Waals surface area (Å²) in [4.78, 5) is 0. The van der Waals surface area contributed by atoms with Gasteiger partial charge < -0.3 is 9.47 Å². The van der Waals surface area contributed by atoms with Crippen molar-refractivity contribution in [3.8, 4) is 5.75 Å². The Morgan fingerprint density at radius 1 is 0.862 bits per heavy atom. The quantitative estimate of drug-likeness (QED) is 0.133. The average molecular weight is 401 g/mol. The zero-order valence-electron chi connectivity index (χ0n) is 18.9. The van der Waals surface area contributed by atoms with Crippen molar-refractivity contribution in [3.05, 3.63) is 42.0 Å². The lowest BCUT2D eigenvalue weighted by Crippen LogP contribution is -2.04. The van der Waals surface area contributed by atoms with Crippen molar-refractivity contribution in [1.29, 1.82) is 0 Å². The summed E-state index contributed by atoms with van der Waals surface area (Å²) in [6, 6.07) is 8.59. The molecule has 0 radical (unpaired) electrons. The van der Waals surface area contributed by atoms with E-state index in [4.69, 9.17) is 9.47 Å². The van der Waals surface area contributed by atoms with E-state index >= 15 is 0 Å². The van der Waals surface area contributed by atoms with Gasteiger partial charge in [-0.3, -0.25) is 0 Å². The molecule has 0 bridgehead atoms. The minimum absolute atomic E-state index is 0.330. The Hall–Kier alpha value is -1.28. The molecular weight excluding hydrogens is 356 g/mol. The lowest BCUT2D eigenvalue weighted by atomic mass is 10.0. The first-order valence-corrected chi connectivity index (χ1v) is 12.3. The molecule has 1 unspecified atom stereocenters. The van der Waals surface area contributed by atoms with Crippen molar-refractivity contribution in [2.45, 2.75) is 109 Å². The number of ether oxygens (including phenoxy) is 2. The molecule has 0 saturated carbocycles. The molecule has 0 amide bonds. The zero-order valence-corrected chi connectivity index (χ0v) is 18.9. The number of benzene rings is 1. The Balaban J connectivity index is 1.32. The van der Waals surface area contributed by atoms with Crippen LogP contribution in [0.3, 0.4) is 0 Å². The van der Waals surface area contributed by atoms with Gasteiger partial charge in [0, 0.05) is 0 Å². The highest BCUT2D eigenvalue weighted by Crippen LogP contribution is 2.19. The molecule has 2 rings (SSSR count). The highest BCUT2D eigenvalue weighted by molar-refractivity contribution is 5.28. The summed E-state index contributed by atoms with van der Waals surface area (Å²) in [5, 5.41) is 0. The molecule has 1 heterocycles. The first-order valence-electron chi connectivity index (χ1n) is 12.3. The van der Waals surface area contributed by atoms with Crippen LogP contribution >= 0.6 is 0 Å². The van der Waals surface area contributed by atoms with Crippen LogP contribution in [-0.4, -0.2) is 19.3 Å². The van der Waals surface area contributed by atoms with E-state index in [1.165, 1.54) is 102 Å². The van der Waals surface area contributed by atoms with Crippen molar-refractivity contribution in [2.75, 3.05) is 13.2 Å². The first kappa shape index (κ1) is 24.0. The Bertz CT molecular complexity index is 533. The Morgan fingerprint density at radius 3 is 2.03 bits per heavy atom. The van der Waals surface area contributed by atoms with Gasteiger partial charge in [-0.2, -0.15) is 0 Å². The summed E-state index contributed by atoms with van der Waals surface area (Å²) < 4.78 is 11.0. The maximum absolute atomic E-state index is 5.78. The zero-order chi connectivity index (χ0) is 20.4. The molecule has 0 aromatic heterocycles. The monoisotopic (exact) mass is 400 g/mol. The van der Waals surface area contributed by atoms with Gasteiger partial charge in [-0.25, -0.2) is 0 Å². The summed E-state index contributed by atoms with van der Waals surface area (Å²) in [6.07, 6.45) is 25.5. The third-order valence-electron chi connectivity index (χ3n) is 5.81. The van der Waals surface area contributed by atoms with Crippen LogP contribution in [0, 0.1) is 0 Å². The van der Waals surface area contributed by atoms with E-state index in [2.05, 4.69) is 43.3 Å². The first-order chi connectivity index (χ1) is 14.4. The molecule has 1 fully saturated rings. The van der Waals surface area contributed by atoms with Crippen LogP contribution in [0.2, 0.25) is 0 Å². The van der Waals surface area contributed by atoms with Gasteiger partial charge in [0.1, 0.15) is 18.5 Å². The van der Waals surface area contributed by atoms with Crippen LogP contribution in [0.1, 0.15) is 102 Å². The Kier molecular flexibility index (Phi) is 13.7. The van der Waals surface area contributed by atoms with Crippen molar-refractivity contribution in [3.63, 3.8) is 0 Å². The normalized spacial score (nSPS) is 15.8. The second-order valence-electron chi connectivity index (χ2n) is 8.62. The second kappa shape index (κ2) is 16.5. The van der Waals surface area contributed by atoms with Gasteiger partial charge >= 0.3 is 0 Å². The van der Waals surface area contributed by atoms with Crippen molar-refractivity contribution < 1.29 is 9.47 Å². The van der Waals surface area contributed by atoms with Crippen LogP contribution < -0.4 is 4.74 Å². The molecule has 29 heavy (non-hydrogen) atoms. The van der Waals surface area contributed by atoms with Crippen molar-refractivity contribution >= 4 is 0 Å². The second-order valence-corrected chi connectivity index (χ2v) is 8.62. The van der Waals surface area contributed by atoms with E-state index < -0.39 is 0 Å². The van der Waals surface area contributed by atoms with E-state index in [1.54, 1.807) is 0 Å². The van der Waals surface area contributed by atoms with Gasteiger partial charge in [0.2, 0.25) is 0 Å². The summed E-state index contributed by atoms with van der Waals surface area (Å²) in [5.41, 5.74) is 1.40. The van der Waals surface area contributed by atoms with Gasteiger partial charge in [-0.15, -0.1) is 0 Å². The molecule has 1 aliphatic heterocycles. The molecule has 0 spiro atoms. The Labute approximate surface area is 180 Å². The molecule has 1 aromatic rings. The van der Waals surface area contributed by atoms with E-state index in [-0.39, 0.29) is 0 Å². The van der Waals surface area contributed by atoms with Crippen LogP contribution in [0.15, 0.2) is 36.4 Å². The number of hydrogen-bond acceptors (Lipinski definition) is 2. The molecule has 1 atom stereocenters. The summed E-state index contributed by atoms with van der Waals surface area (Å²) in [7, 11) is 0.